The Morgan fingerprint density at radius 1 is 1.17 bits per heavy atom. The molecule has 3 N–H and O–H groups in total. The highest BCUT2D eigenvalue weighted by molar-refractivity contribution is 5.62. The van der Waals surface area contributed by atoms with E-state index in [9.17, 15) is 0 Å². The standard InChI is InChI=1S/C14H18N4/c1-10(2)8-13-16-12(9-14(17-13)18-15)11-6-4-3-5-7-11/h3-7,9-10H,8,15H2,1-2H3,(H,16,17,18). The number of nitrogens with one attached hydrogen (secondary N) is 1. The van der Waals surface area contributed by atoms with Gasteiger partial charge in [-0.3, -0.25) is 0 Å². The maximum absolute atomic E-state index is 5.46. The van der Waals surface area contributed by atoms with Gasteiger partial charge in [-0.25, -0.2) is 15.8 Å². The summed E-state index contributed by atoms with van der Waals surface area (Å²) in [7, 11) is 0. The molecule has 18 heavy (non-hydrogen) atoms. The molecule has 2 aromatic rings. The van der Waals surface area contributed by atoms with Crippen LogP contribution in [0.5, 0.6) is 0 Å². The second kappa shape index (κ2) is 5.60. The van der Waals surface area contributed by atoms with Gasteiger partial charge in [0.2, 0.25) is 0 Å². The Balaban J connectivity index is 2.41. The third-order valence-electron chi connectivity index (χ3n) is 2.58. The molecule has 1 aromatic carbocycles. The van der Waals surface area contributed by atoms with Crippen LogP contribution in [-0.4, -0.2) is 9.97 Å². The van der Waals surface area contributed by atoms with Crippen molar-refractivity contribution < 1.29 is 0 Å². The summed E-state index contributed by atoms with van der Waals surface area (Å²) in [4.78, 5) is 8.96. The molecule has 0 saturated carbocycles. The normalized spacial score (nSPS) is 10.7. The quantitative estimate of drug-likeness (QED) is 0.639. The molecule has 0 fully saturated rings. The number of nitrogens with zero attached hydrogens (tertiary/aromatic N) is 2. The Bertz CT molecular complexity index is 508. The van der Waals surface area contributed by atoms with Crippen molar-refractivity contribution in [2.45, 2.75) is 20.3 Å². The summed E-state index contributed by atoms with van der Waals surface area (Å²) >= 11 is 0. The lowest BCUT2D eigenvalue weighted by Gasteiger charge is -2.09. The van der Waals surface area contributed by atoms with E-state index in [4.69, 9.17) is 5.84 Å². The lowest BCUT2D eigenvalue weighted by molar-refractivity contribution is 0.621. The molecule has 0 aliphatic rings. The minimum atomic E-state index is 0.515. The van der Waals surface area contributed by atoms with Crippen molar-refractivity contribution in [2.24, 2.45) is 11.8 Å². The molecule has 94 valence electrons. The number of hydrogen-bond donors (Lipinski definition) is 2. The van der Waals surface area contributed by atoms with Gasteiger partial charge in [-0.1, -0.05) is 44.2 Å². The van der Waals surface area contributed by atoms with E-state index in [-0.39, 0.29) is 0 Å². The van der Waals surface area contributed by atoms with E-state index in [1.165, 1.54) is 0 Å². The molecule has 0 bridgehead atoms. The summed E-state index contributed by atoms with van der Waals surface area (Å²) in [5.41, 5.74) is 4.57. The molecule has 0 radical (unpaired) electrons. The van der Waals surface area contributed by atoms with Crippen LogP contribution in [0.1, 0.15) is 19.7 Å². The van der Waals surface area contributed by atoms with Gasteiger partial charge in [-0.05, 0) is 5.92 Å². The fourth-order valence-electron chi connectivity index (χ4n) is 1.78. The molecule has 4 nitrogen and oxygen atoms in total. The lowest BCUT2D eigenvalue weighted by atomic mass is 10.1. The summed E-state index contributed by atoms with van der Waals surface area (Å²) in [6.07, 6.45) is 0.843. The van der Waals surface area contributed by atoms with Crippen molar-refractivity contribution in [3.8, 4) is 11.3 Å². The van der Waals surface area contributed by atoms with E-state index >= 15 is 0 Å². The Kier molecular flexibility index (Phi) is 3.89. The van der Waals surface area contributed by atoms with Crippen molar-refractivity contribution in [1.82, 2.24) is 9.97 Å². The lowest BCUT2D eigenvalue weighted by Crippen LogP contribution is -2.11. The van der Waals surface area contributed by atoms with Gasteiger partial charge in [-0.2, -0.15) is 0 Å². The first-order valence-electron chi connectivity index (χ1n) is 6.09. The second-order valence-corrected chi connectivity index (χ2v) is 4.66. The fourth-order valence-corrected chi connectivity index (χ4v) is 1.78. The van der Waals surface area contributed by atoms with Crippen LogP contribution in [-0.2, 0) is 6.42 Å². The number of hydrogen-bond acceptors (Lipinski definition) is 4. The largest absolute Gasteiger partial charge is 0.308 e. The molecule has 1 heterocycles. The van der Waals surface area contributed by atoms with Crippen LogP contribution < -0.4 is 11.3 Å². The van der Waals surface area contributed by atoms with Crippen molar-refractivity contribution in [3.05, 3.63) is 42.2 Å². The smallest absolute Gasteiger partial charge is 0.144 e. The van der Waals surface area contributed by atoms with Gasteiger partial charge in [0.25, 0.3) is 0 Å². The van der Waals surface area contributed by atoms with Gasteiger partial charge in [0.1, 0.15) is 11.6 Å². The van der Waals surface area contributed by atoms with Gasteiger partial charge < -0.3 is 5.43 Å². The average Bonchev–Trinajstić information content (AvgIpc) is 2.38. The number of anilines is 1. The molecule has 2 rings (SSSR count). The van der Waals surface area contributed by atoms with Crippen molar-refractivity contribution in [3.63, 3.8) is 0 Å². The first-order chi connectivity index (χ1) is 8.69. The number of nitrogens with two attached hydrogens (primary N) is 1. The van der Waals surface area contributed by atoms with E-state index in [2.05, 4.69) is 29.2 Å². The van der Waals surface area contributed by atoms with Crippen LogP contribution in [0.2, 0.25) is 0 Å². The number of rotatable bonds is 4. The molecule has 0 aliphatic heterocycles. The number of hydrazine groups is 1. The topological polar surface area (TPSA) is 63.8 Å². The van der Waals surface area contributed by atoms with Gasteiger partial charge in [0, 0.05) is 18.1 Å². The first-order valence-corrected chi connectivity index (χ1v) is 6.09. The zero-order valence-electron chi connectivity index (χ0n) is 10.7. The number of aromatic nitrogens is 2. The molecule has 0 saturated heterocycles. The van der Waals surface area contributed by atoms with E-state index < -0.39 is 0 Å². The van der Waals surface area contributed by atoms with Crippen LogP contribution in [0.3, 0.4) is 0 Å². The molecule has 0 atom stereocenters. The minimum absolute atomic E-state index is 0.515. The third kappa shape index (κ3) is 3.05. The highest BCUT2D eigenvalue weighted by Crippen LogP contribution is 2.20. The first kappa shape index (κ1) is 12.5. The molecule has 4 heteroatoms. The molecule has 0 unspecified atom stereocenters. The van der Waals surface area contributed by atoms with Crippen LogP contribution >= 0.6 is 0 Å². The average molecular weight is 242 g/mol. The zero-order valence-corrected chi connectivity index (χ0v) is 10.7. The number of nitrogen functional groups attached to an aromatic ring is 1. The Labute approximate surface area is 107 Å². The van der Waals surface area contributed by atoms with Crippen LogP contribution in [0, 0.1) is 5.92 Å². The second-order valence-electron chi connectivity index (χ2n) is 4.66. The predicted octanol–water partition coefficient (Wildman–Crippen LogP) is 2.63. The monoisotopic (exact) mass is 242 g/mol. The minimum Gasteiger partial charge on any atom is -0.308 e. The molecular weight excluding hydrogens is 224 g/mol. The highest BCUT2D eigenvalue weighted by atomic mass is 15.3. The van der Waals surface area contributed by atoms with E-state index in [0.717, 1.165) is 23.5 Å². The Hall–Kier alpha value is -1.94. The van der Waals surface area contributed by atoms with Crippen LogP contribution in [0.4, 0.5) is 5.82 Å². The van der Waals surface area contributed by atoms with E-state index in [0.29, 0.717) is 11.7 Å². The zero-order chi connectivity index (χ0) is 13.0. The summed E-state index contributed by atoms with van der Waals surface area (Å²) in [5, 5.41) is 0. The van der Waals surface area contributed by atoms with E-state index in [1.807, 2.05) is 36.4 Å². The summed E-state index contributed by atoms with van der Waals surface area (Å²) < 4.78 is 0. The number of benzene rings is 1. The Morgan fingerprint density at radius 2 is 1.89 bits per heavy atom. The maximum atomic E-state index is 5.46. The highest BCUT2D eigenvalue weighted by Gasteiger charge is 2.07. The summed E-state index contributed by atoms with van der Waals surface area (Å²) in [6.45, 7) is 4.29. The van der Waals surface area contributed by atoms with Gasteiger partial charge in [0.15, 0.2) is 0 Å². The van der Waals surface area contributed by atoms with Crippen molar-refractivity contribution in [2.75, 3.05) is 5.43 Å². The van der Waals surface area contributed by atoms with Crippen LogP contribution in [0.25, 0.3) is 11.3 Å². The fraction of sp³-hybridized carbons (Fsp3) is 0.286. The summed E-state index contributed by atoms with van der Waals surface area (Å²) in [5.74, 6) is 7.44. The van der Waals surface area contributed by atoms with Crippen LogP contribution in [0.15, 0.2) is 36.4 Å². The van der Waals surface area contributed by atoms with Crippen molar-refractivity contribution >= 4 is 5.82 Å². The Morgan fingerprint density at radius 3 is 2.50 bits per heavy atom. The summed E-state index contributed by atoms with van der Waals surface area (Å²) in [6, 6.07) is 11.9. The molecule has 0 spiro atoms. The molecular formula is C14H18N4. The SMILES string of the molecule is CC(C)Cc1nc(NN)cc(-c2ccccc2)n1. The van der Waals surface area contributed by atoms with Crippen molar-refractivity contribution in [1.29, 1.82) is 0 Å². The molecule has 0 aliphatic carbocycles. The molecule has 0 amide bonds. The predicted molar refractivity (Wildman–Crippen MR) is 73.8 cm³/mol. The van der Waals surface area contributed by atoms with Gasteiger partial charge in [-0.15, -0.1) is 0 Å². The van der Waals surface area contributed by atoms with Gasteiger partial charge >= 0.3 is 0 Å². The van der Waals surface area contributed by atoms with E-state index in [1.54, 1.807) is 0 Å². The maximum Gasteiger partial charge on any atom is 0.144 e. The molecule has 1 aromatic heterocycles. The third-order valence-corrected chi connectivity index (χ3v) is 2.58. The van der Waals surface area contributed by atoms with Gasteiger partial charge in [0.05, 0.1) is 5.69 Å².